The van der Waals surface area contributed by atoms with Gasteiger partial charge in [0.25, 0.3) is 0 Å². The first kappa shape index (κ1) is 36.1. The fourth-order valence-electron chi connectivity index (χ4n) is 3.48. The van der Waals surface area contributed by atoms with Gasteiger partial charge in [0.15, 0.2) is 0 Å². The summed E-state index contributed by atoms with van der Waals surface area (Å²) >= 11 is 0. The predicted octanol–water partition coefficient (Wildman–Crippen LogP) is 1.46. The van der Waals surface area contributed by atoms with Crippen LogP contribution in [0.1, 0.15) is 64.2 Å². The summed E-state index contributed by atoms with van der Waals surface area (Å²) in [6.07, 6.45) is 8.03. The van der Waals surface area contributed by atoms with Crippen molar-refractivity contribution >= 4 is 55.1 Å². The van der Waals surface area contributed by atoms with Gasteiger partial charge < -0.3 is 41.3 Å². The summed E-state index contributed by atoms with van der Waals surface area (Å²) in [5, 5.41) is 50.0. The molecule has 0 aliphatic carbocycles. The monoisotopic (exact) mass is 618 g/mol. The van der Waals surface area contributed by atoms with Crippen molar-refractivity contribution in [2.75, 3.05) is 51.1 Å². The van der Waals surface area contributed by atoms with Gasteiger partial charge in [0.2, 0.25) is 5.91 Å². The second-order valence-electron chi connectivity index (χ2n) is 9.79. The third kappa shape index (κ3) is 15.2. The number of aliphatic hydroxyl groups is 5. The van der Waals surface area contributed by atoms with Crippen LogP contribution in [0.5, 0.6) is 0 Å². The minimum atomic E-state index is -1.37. The van der Waals surface area contributed by atoms with Gasteiger partial charge in [-0.1, -0.05) is 56.0 Å². The van der Waals surface area contributed by atoms with E-state index in [1.807, 2.05) is 43.2 Å². The number of nitrogens with two attached hydrogens (primary N) is 1. The van der Waals surface area contributed by atoms with Crippen LogP contribution in [0, 0.1) is 0 Å². The molecule has 0 saturated carbocycles. The summed E-state index contributed by atoms with van der Waals surface area (Å²) in [6.45, 7) is -2.68. The average Bonchev–Trinajstić information content (AvgIpc) is 2.94. The standard InChI is InChI=1S/C24H46N2O8S4/c25-23(13-27,14-28)18-34-22(33)8-4-2-6-20-10-12-36-35-11-9-19(37-38-20)5-1-3-7-21(32)26-24(15-29,16-30)17-31/h19-20,27-31H,1-18,25H2,(H,26,32). The molecule has 0 radical (unpaired) electrons. The Morgan fingerprint density at radius 2 is 1.29 bits per heavy atom. The highest BCUT2D eigenvalue weighted by Gasteiger charge is 2.29. The Hall–Kier alpha value is 0.1000. The molecular formula is C24H46N2O8S4. The molecule has 1 aliphatic rings. The molecule has 38 heavy (non-hydrogen) atoms. The number of aliphatic hydroxyl groups excluding tert-OH is 5. The summed E-state index contributed by atoms with van der Waals surface area (Å²) in [7, 11) is 7.68. The Kier molecular flexibility index (Phi) is 19.9. The Morgan fingerprint density at radius 1 is 0.789 bits per heavy atom. The zero-order valence-corrected chi connectivity index (χ0v) is 25.3. The van der Waals surface area contributed by atoms with Crippen molar-refractivity contribution < 1.29 is 39.9 Å². The molecule has 0 spiro atoms. The van der Waals surface area contributed by atoms with Crippen molar-refractivity contribution in [3.05, 3.63) is 0 Å². The molecular weight excluding hydrogens is 573 g/mol. The largest absolute Gasteiger partial charge is 0.464 e. The molecule has 0 aromatic carbocycles. The third-order valence-corrected chi connectivity index (χ3v) is 12.3. The van der Waals surface area contributed by atoms with Gasteiger partial charge in [-0.2, -0.15) is 0 Å². The lowest BCUT2D eigenvalue weighted by molar-refractivity contribution is -0.146. The van der Waals surface area contributed by atoms with Crippen LogP contribution in [0.3, 0.4) is 0 Å². The van der Waals surface area contributed by atoms with E-state index in [4.69, 9.17) is 10.5 Å². The summed E-state index contributed by atoms with van der Waals surface area (Å²) < 4.78 is 5.11. The maximum Gasteiger partial charge on any atom is 0.305 e. The maximum atomic E-state index is 12.2. The van der Waals surface area contributed by atoms with Crippen LogP contribution in [-0.2, 0) is 14.3 Å². The molecule has 1 fully saturated rings. The molecule has 2 atom stereocenters. The summed E-state index contributed by atoms with van der Waals surface area (Å²) in [6, 6.07) is 0. The first-order chi connectivity index (χ1) is 18.2. The molecule has 1 amide bonds. The van der Waals surface area contributed by atoms with Gasteiger partial charge in [-0.3, -0.25) is 9.59 Å². The number of nitrogens with one attached hydrogen (secondary N) is 1. The fraction of sp³-hybridized carbons (Fsp3) is 0.917. The van der Waals surface area contributed by atoms with Crippen molar-refractivity contribution in [3.8, 4) is 0 Å². The quantitative estimate of drug-likeness (QED) is 0.0666. The Bertz CT molecular complexity index is 649. The van der Waals surface area contributed by atoms with Gasteiger partial charge in [0, 0.05) is 34.8 Å². The average molecular weight is 619 g/mol. The predicted molar refractivity (Wildman–Crippen MR) is 158 cm³/mol. The first-order valence-corrected chi connectivity index (χ1v) is 17.9. The third-order valence-electron chi connectivity index (χ3n) is 6.26. The van der Waals surface area contributed by atoms with Gasteiger partial charge >= 0.3 is 5.97 Å². The Morgan fingerprint density at radius 3 is 1.76 bits per heavy atom. The highest BCUT2D eigenvalue weighted by Crippen LogP contribution is 2.41. The molecule has 2 unspecified atom stereocenters. The van der Waals surface area contributed by atoms with E-state index in [-0.39, 0.29) is 31.3 Å². The van der Waals surface area contributed by atoms with E-state index in [1.165, 1.54) is 0 Å². The zero-order chi connectivity index (χ0) is 28.3. The number of hydrogen-bond donors (Lipinski definition) is 7. The molecule has 1 saturated heterocycles. The topological polar surface area (TPSA) is 183 Å². The molecule has 10 nitrogen and oxygen atoms in total. The lowest BCUT2D eigenvalue weighted by Crippen LogP contribution is -2.57. The van der Waals surface area contributed by atoms with E-state index in [0.29, 0.717) is 23.3 Å². The number of unbranched alkanes of at least 4 members (excludes halogenated alkanes) is 2. The number of ether oxygens (including phenoxy) is 1. The fourth-order valence-corrected chi connectivity index (χ4v) is 9.42. The van der Waals surface area contributed by atoms with Crippen molar-refractivity contribution in [1.29, 1.82) is 0 Å². The second-order valence-corrected chi connectivity index (χ2v) is 15.4. The van der Waals surface area contributed by atoms with Gasteiger partial charge in [-0.25, -0.2) is 0 Å². The molecule has 8 N–H and O–H groups in total. The van der Waals surface area contributed by atoms with Crippen LogP contribution in [0.4, 0.5) is 0 Å². The molecule has 0 bridgehead atoms. The van der Waals surface area contributed by atoms with Crippen molar-refractivity contribution in [1.82, 2.24) is 5.32 Å². The Balaban J connectivity index is 2.34. The summed E-state index contributed by atoms with van der Waals surface area (Å²) in [5.41, 5.74) is 3.04. The molecule has 14 heteroatoms. The lowest BCUT2D eigenvalue weighted by atomic mass is 10.0. The molecule has 0 aromatic heterocycles. The second kappa shape index (κ2) is 20.9. The molecule has 1 rings (SSSR count). The summed E-state index contributed by atoms with van der Waals surface area (Å²) in [5.74, 6) is 1.54. The highest BCUT2D eigenvalue weighted by molar-refractivity contribution is 8.77. The van der Waals surface area contributed by atoms with Crippen LogP contribution >= 0.6 is 43.2 Å². The van der Waals surface area contributed by atoms with Crippen LogP contribution in [0.15, 0.2) is 0 Å². The van der Waals surface area contributed by atoms with E-state index in [9.17, 15) is 35.1 Å². The maximum absolute atomic E-state index is 12.2. The highest BCUT2D eigenvalue weighted by atomic mass is 33.1. The van der Waals surface area contributed by atoms with Crippen LogP contribution in [0.2, 0.25) is 0 Å². The number of esters is 1. The van der Waals surface area contributed by atoms with Crippen molar-refractivity contribution in [2.45, 2.75) is 85.8 Å². The summed E-state index contributed by atoms with van der Waals surface area (Å²) in [4.78, 5) is 24.1. The SMILES string of the molecule is NC(CO)(CO)COC(=O)CCCCC1CCSSCCC(CCCCC(=O)NC(CO)(CO)CO)SS1. The minimum absolute atomic E-state index is 0.205. The van der Waals surface area contributed by atoms with Gasteiger partial charge in [-0.05, 0) is 38.5 Å². The normalized spacial score (nSPS) is 19.6. The minimum Gasteiger partial charge on any atom is -0.464 e. The van der Waals surface area contributed by atoms with Crippen molar-refractivity contribution in [3.63, 3.8) is 0 Å². The van der Waals surface area contributed by atoms with E-state index >= 15 is 0 Å². The van der Waals surface area contributed by atoms with E-state index < -0.39 is 44.1 Å². The Labute approximate surface area is 242 Å². The van der Waals surface area contributed by atoms with E-state index in [2.05, 4.69) is 5.32 Å². The van der Waals surface area contributed by atoms with Crippen LogP contribution in [0.25, 0.3) is 0 Å². The van der Waals surface area contributed by atoms with Gasteiger partial charge in [0.05, 0.1) is 38.6 Å². The number of hydrogen-bond acceptors (Lipinski definition) is 13. The first-order valence-electron chi connectivity index (χ1n) is 13.1. The molecule has 224 valence electrons. The van der Waals surface area contributed by atoms with Gasteiger partial charge in [-0.15, -0.1) is 0 Å². The number of carbonyl (C=O) groups is 2. The molecule has 1 aliphatic heterocycles. The van der Waals surface area contributed by atoms with E-state index in [1.54, 1.807) is 0 Å². The smallest absolute Gasteiger partial charge is 0.305 e. The van der Waals surface area contributed by atoms with Gasteiger partial charge in [0.1, 0.15) is 12.1 Å². The van der Waals surface area contributed by atoms with Crippen LogP contribution in [-0.4, -0.2) is 110 Å². The number of carbonyl (C=O) groups excluding carboxylic acids is 2. The molecule has 1 heterocycles. The zero-order valence-electron chi connectivity index (χ0n) is 22.1. The van der Waals surface area contributed by atoms with Crippen molar-refractivity contribution in [2.24, 2.45) is 5.73 Å². The van der Waals surface area contributed by atoms with E-state index in [0.717, 1.165) is 50.0 Å². The lowest BCUT2D eigenvalue weighted by Gasteiger charge is -2.28. The number of amides is 1. The molecule has 0 aromatic rings. The van der Waals surface area contributed by atoms with Crippen LogP contribution < -0.4 is 11.1 Å². The number of rotatable bonds is 18.